The van der Waals surface area contributed by atoms with Gasteiger partial charge in [-0.3, -0.25) is 0 Å². The summed E-state index contributed by atoms with van der Waals surface area (Å²) in [5.41, 5.74) is 2.38. The zero-order chi connectivity index (χ0) is 21.7. The Morgan fingerprint density at radius 2 is 2.00 bits per heavy atom. The topological polar surface area (TPSA) is 78.7 Å². The molecule has 7 nitrogen and oxygen atoms in total. The summed E-state index contributed by atoms with van der Waals surface area (Å²) < 4.78 is 7.65. The molecule has 0 radical (unpaired) electrons. The van der Waals surface area contributed by atoms with E-state index in [2.05, 4.69) is 34.0 Å². The number of phenolic OH excluding ortho intramolecular Hbond substituents is 1. The molecule has 0 aliphatic heterocycles. The van der Waals surface area contributed by atoms with Gasteiger partial charge in [0.15, 0.2) is 5.82 Å². The van der Waals surface area contributed by atoms with Gasteiger partial charge < -0.3 is 14.7 Å². The third-order valence-corrected chi connectivity index (χ3v) is 4.83. The Hall–Kier alpha value is -3.13. The second-order valence-electron chi connectivity index (χ2n) is 7.02. The van der Waals surface area contributed by atoms with Gasteiger partial charge in [-0.2, -0.15) is 14.9 Å². The number of aromatic nitrogens is 3. The number of aromatic hydroxyl groups is 1. The van der Waals surface area contributed by atoms with Crippen LogP contribution in [0.25, 0.3) is 11.4 Å². The molecular weight excluding hydrogens is 398 g/mol. The van der Waals surface area contributed by atoms with Crippen LogP contribution in [0, 0.1) is 4.77 Å². The molecule has 0 unspecified atom stereocenters. The SMILES string of the molecule is CCN(CC)c1ccc(/C=N/n2c(-c3cccc(OC(C)C)c3)n[nH]c2=S)c(O)c1. The molecular formula is C22H27N5O2S. The lowest BCUT2D eigenvalue weighted by Crippen LogP contribution is -2.21. The number of hydrogen-bond donors (Lipinski definition) is 2. The van der Waals surface area contributed by atoms with Crippen molar-refractivity contribution in [1.82, 2.24) is 14.9 Å². The maximum absolute atomic E-state index is 10.4. The average molecular weight is 426 g/mol. The number of nitrogens with one attached hydrogen (secondary N) is 1. The predicted molar refractivity (Wildman–Crippen MR) is 123 cm³/mol. The van der Waals surface area contributed by atoms with Gasteiger partial charge in [-0.1, -0.05) is 12.1 Å². The molecule has 3 aromatic rings. The van der Waals surface area contributed by atoms with Crippen LogP contribution >= 0.6 is 12.2 Å². The normalized spacial score (nSPS) is 11.4. The second-order valence-corrected chi connectivity index (χ2v) is 7.41. The molecule has 1 heterocycles. The van der Waals surface area contributed by atoms with Gasteiger partial charge in [-0.05, 0) is 64.2 Å². The van der Waals surface area contributed by atoms with Crippen LogP contribution in [0.5, 0.6) is 11.5 Å². The number of hydrogen-bond acceptors (Lipinski definition) is 6. The van der Waals surface area contributed by atoms with Crippen molar-refractivity contribution in [2.24, 2.45) is 5.10 Å². The van der Waals surface area contributed by atoms with Gasteiger partial charge in [0, 0.05) is 36.0 Å². The van der Waals surface area contributed by atoms with Crippen LogP contribution in [-0.2, 0) is 0 Å². The van der Waals surface area contributed by atoms with E-state index >= 15 is 0 Å². The zero-order valence-electron chi connectivity index (χ0n) is 17.7. The molecule has 2 N–H and O–H groups in total. The van der Waals surface area contributed by atoms with Gasteiger partial charge in [0.2, 0.25) is 4.77 Å². The van der Waals surface area contributed by atoms with E-state index in [1.807, 2.05) is 50.2 Å². The van der Waals surface area contributed by atoms with Gasteiger partial charge in [-0.15, -0.1) is 0 Å². The summed E-state index contributed by atoms with van der Waals surface area (Å²) in [6, 6.07) is 13.2. The summed E-state index contributed by atoms with van der Waals surface area (Å²) >= 11 is 5.34. The molecule has 30 heavy (non-hydrogen) atoms. The highest BCUT2D eigenvalue weighted by Gasteiger charge is 2.11. The Balaban J connectivity index is 1.91. The number of rotatable bonds is 8. The third-order valence-electron chi connectivity index (χ3n) is 4.57. The van der Waals surface area contributed by atoms with E-state index in [0.29, 0.717) is 16.2 Å². The number of benzene rings is 2. The van der Waals surface area contributed by atoms with Crippen LogP contribution in [0.3, 0.4) is 0 Å². The van der Waals surface area contributed by atoms with Crippen LogP contribution in [0.15, 0.2) is 47.6 Å². The summed E-state index contributed by atoms with van der Waals surface area (Å²) in [6.45, 7) is 9.86. The quantitative estimate of drug-likeness (QED) is 0.399. The van der Waals surface area contributed by atoms with E-state index < -0.39 is 0 Å². The van der Waals surface area contributed by atoms with Gasteiger partial charge in [0.1, 0.15) is 11.5 Å². The predicted octanol–water partition coefficient (Wildman–Crippen LogP) is 4.83. The van der Waals surface area contributed by atoms with Crippen molar-refractivity contribution in [3.63, 3.8) is 0 Å². The fourth-order valence-corrected chi connectivity index (χ4v) is 3.29. The first-order valence-corrected chi connectivity index (χ1v) is 10.4. The molecule has 0 aliphatic rings. The molecule has 0 bridgehead atoms. The number of phenols is 1. The van der Waals surface area contributed by atoms with Crippen molar-refractivity contribution < 1.29 is 9.84 Å². The molecule has 0 fully saturated rings. The van der Waals surface area contributed by atoms with Crippen molar-refractivity contribution >= 4 is 24.1 Å². The van der Waals surface area contributed by atoms with Crippen molar-refractivity contribution in [2.75, 3.05) is 18.0 Å². The first kappa shape index (κ1) is 21.6. The Morgan fingerprint density at radius 1 is 1.23 bits per heavy atom. The molecule has 0 saturated heterocycles. The molecule has 0 aliphatic carbocycles. The molecule has 0 atom stereocenters. The van der Waals surface area contributed by atoms with E-state index in [0.717, 1.165) is 30.1 Å². The van der Waals surface area contributed by atoms with Crippen molar-refractivity contribution in [3.05, 3.63) is 52.8 Å². The fraction of sp³-hybridized carbons (Fsp3) is 0.318. The fourth-order valence-electron chi connectivity index (χ4n) is 3.11. The van der Waals surface area contributed by atoms with Gasteiger partial charge in [0.05, 0.1) is 12.3 Å². The molecule has 0 spiro atoms. The molecule has 3 rings (SSSR count). The number of anilines is 1. The minimum atomic E-state index is 0.0707. The lowest BCUT2D eigenvalue weighted by atomic mass is 10.2. The summed E-state index contributed by atoms with van der Waals surface area (Å²) in [5.74, 6) is 1.47. The zero-order valence-corrected chi connectivity index (χ0v) is 18.5. The van der Waals surface area contributed by atoms with E-state index in [-0.39, 0.29) is 11.9 Å². The second kappa shape index (κ2) is 9.58. The van der Waals surface area contributed by atoms with E-state index in [9.17, 15) is 5.11 Å². The van der Waals surface area contributed by atoms with E-state index in [1.54, 1.807) is 12.3 Å². The maximum Gasteiger partial charge on any atom is 0.216 e. The van der Waals surface area contributed by atoms with Gasteiger partial charge >= 0.3 is 0 Å². The van der Waals surface area contributed by atoms with E-state index in [1.165, 1.54) is 4.68 Å². The molecule has 0 amide bonds. The third kappa shape index (κ3) is 4.88. The smallest absolute Gasteiger partial charge is 0.216 e. The van der Waals surface area contributed by atoms with Gasteiger partial charge in [0.25, 0.3) is 0 Å². The van der Waals surface area contributed by atoms with Crippen LogP contribution in [0.4, 0.5) is 5.69 Å². The number of ether oxygens (including phenoxy) is 1. The average Bonchev–Trinajstić information content (AvgIpc) is 3.08. The standard InChI is InChI=1S/C22H27N5O2S/c1-5-26(6-2)18-11-10-17(20(28)13-18)14-23-27-21(24-25-22(27)30)16-8-7-9-19(12-16)29-15(3)4/h7-15,28H,5-6H2,1-4H3,(H,25,30)/b23-14+. The lowest BCUT2D eigenvalue weighted by Gasteiger charge is -2.21. The summed E-state index contributed by atoms with van der Waals surface area (Å²) in [7, 11) is 0. The molecule has 158 valence electrons. The minimum absolute atomic E-state index is 0.0707. The lowest BCUT2D eigenvalue weighted by molar-refractivity contribution is 0.242. The highest BCUT2D eigenvalue weighted by atomic mass is 32.1. The summed E-state index contributed by atoms with van der Waals surface area (Å²) in [6.07, 6.45) is 1.64. The number of aromatic amines is 1. The Bertz CT molecular complexity index is 1080. The summed E-state index contributed by atoms with van der Waals surface area (Å²) in [5, 5.41) is 22.0. The first-order chi connectivity index (χ1) is 14.4. The minimum Gasteiger partial charge on any atom is -0.507 e. The molecule has 0 saturated carbocycles. The Morgan fingerprint density at radius 3 is 2.67 bits per heavy atom. The maximum atomic E-state index is 10.4. The van der Waals surface area contributed by atoms with Crippen molar-refractivity contribution in [1.29, 1.82) is 0 Å². The number of H-pyrrole nitrogens is 1. The largest absolute Gasteiger partial charge is 0.507 e. The highest BCUT2D eigenvalue weighted by Crippen LogP contribution is 2.25. The monoisotopic (exact) mass is 425 g/mol. The van der Waals surface area contributed by atoms with Crippen LogP contribution in [0.2, 0.25) is 0 Å². The molecule has 1 aromatic heterocycles. The molecule has 8 heteroatoms. The Kier molecular flexibility index (Phi) is 6.89. The highest BCUT2D eigenvalue weighted by molar-refractivity contribution is 7.71. The van der Waals surface area contributed by atoms with Crippen molar-refractivity contribution in [3.8, 4) is 22.9 Å². The van der Waals surface area contributed by atoms with E-state index in [4.69, 9.17) is 17.0 Å². The first-order valence-electron chi connectivity index (χ1n) is 9.99. The van der Waals surface area contributed by atoms with Crippen molar-refractivity contribution in [2.45, 2.75) is 33.8 Å². The van der Waals surface area contributed by atoms with Crippen LogP contribution in [-0.4, -0.2) is 45.4 Å². The summed E-state index contributed by atoms with van der Waals surface area (Å²) in [4.78, 5) is 2.16. The van der Waals surface area contributed by atoms with Crippen LogP contribution in [0.1, 0.15) is 33.3 Å². The molecule has 2 aromatic carbocycles. The van der Waals surface area contributed by atoms with Gasteiger partial charge in [-0.25, -0.2) is 5.10 Å². The van der Waals surface area contributed by atoms with Crippen LogP contribution < -0.4 is 9.64 Å². The number of nitrogens with zero attached hydrogens (tertiary/aromatic N) is 4. The Labute approximate surface area is 181 Å².